The van der Waals surface area contributed by atoms with Crippen molar-refractivity contribution in [1.29, 1.82) is 0 Å². The minimum atomic E-state index is 0.0817. The minimum absolute atomic E-state index is 0.0817. The summed E-state index contributed by atoms with van der Waals surface area (Å²) in [4.78, 5) is 0. The van der Waals surface area contributed by atoms with Gasteiger partial charge in [0.15, 0.2) is 0 Å². The van der Waals surface area contributed by atoms with Crippen molar-refractivity contribution in [2.75, 3.05) is 13.2 Å². The van der Waals surface area contributed by atoms with Gasteiger partial charge in [-0.05, 0) is 34.1 Å². The fraction of sp³-hybridized carbons (Fsp3) is 1.00. The van der Waals surface area contributed by atoms with Gasteiger partial charge in [-0.2, -0.15) is 0 Å². The van der Waals surface area contributed by atoms with Gasteiger partial charge in [-0.1, -0.05) is 0 Å². The average molecular weight is 199 g/mol. The van der Waals surface area contributed by atoms with Crippen LogP contribution in [0.1, 0.15) is 34.1 Å². The molecule has 0 aromatic carbocycles. The van der Waals surface area contributed by atoms with Crippen LogP contribution < -0.4 is 5.32 Å². The molecular weight excluding hydrogens is 178 g/mol. The number of nitrogens with one attached hydrogen (secondary N) is 1. The summed E-state index contributed by atoms with van der Waals surface area (Å²) in [7, 11) is 0. The second kappa shape index (κ2) is 3.19. The van der Waals surface area contributed by atoms with Crippen molar-refractivity contribution in [2.24, 2.45) is 0 Å². The topological polar surface area (TPSA) is 33.8 Å². The van der Waals surface area contributed by atoms with Gasteiger partial charge in [0, 0.05) is 11.1 Å². The molecular formula is C11H21NO2. The number of hydrogen-bond donors (Lipinski definition) is 1. The molecule has 0 bridgehead atoms. The standard InChI is InChI=1S/C11H21NO2/c1-10(2)5-9(11(3,4)12-10)14-7-8-6-13-8/h8-9,12H,5-7H2,1-4H3. The molecule has 2 fully saturated rings. The molecule has 2 unspecified atom stereocenters. The monoisotopic (exact) mass is 199 g/mol. The molecule has 3 nitrogen and oxygen atoms in total. The molecule has 3 heteroatoms. The maximum absolute atomic E-state index is 5.89. The molecule has 0 saturated carbocycles. The van der Waals surface area contributed by atoms with E-state index in [0.717, 1.165) is 19.6 Å². The summed E-state index contributed by atoms with van der Waals surface area (Å²) in [5.41, 5.74) is 0.275. The quantitative estimate of drug-likeness (QED) is 0.696. The Bertz CT molecular complexity index is 221. The molecule has 2 rings (SSSR count). The van der Waals surface area contributed by atoms with Crippen LogP contribution in [0.4, 0.5) is 0 Å². The number of epoxide rings is 1. The average Bonchev–Trinajstić information content (AvgIpc) is 2.74. The zero-order chi connectivity index (χ0) is 10.4. The van der Waals surface area contributed by atoms with E-state index in [-0.39, 0.29) is 11.1 Å². The maximum atomic E-state index is 5.89. The maximum Gasteiger partial charge on any atom is 0.104 e. The molecule has 2 saturated heterocycles. The van der Waals surface area contributed by atoms with E-state index in [4.69, 9.17) is 9.47 Å². The van der Waals surface area contributed by atoms with E-state index in [1.165, 1.54) is 0 Å². The fourth-order valence-electron chi connectivity index (χ4n) is 2.38. The lowest BCUT2D eigenvalue weighted by Gasteiger charge is -2.28. The molecule has 2 heterocycles. The Hall–Kier alpha value is -0.120. The van der Waals surface area contributed by atoms with Crippen molar-refractivity contribution in [1.82, 2.24) is 5.32 Å². The van der Waals surface area contributed by atoms with Gasteiger partial charge in [-0.25, -0.2) is 0 Å². The number of rotatable bonds is 3. The molecule has 0 aromatic heterocycles. The highest BCUT2D eigenvalue weighted by molar-refractivity contribution is 5.04. The van der Waals surface area contributed by atoms with Crippen LogP contribution in [0.15, 0.2) is 0 Å². The van der Waals surface area contributed by atoms with Crippen molar-refractivity contribution in [3.8, 4) is 0 Å². The molecule has 0 spiro atoms. The molecule has 0 radical (unpaired) electrons. The van der Waals surface area contributed by atoms with Gasteiger partial charge >= 0.3 is 0 Å². The van der Waals surface area contributed by atoms with Crippen LogP contribution in [0.2, 0.25) is 0 Å². The number of hydrogen-bond acceptors (Lipinski definition) is 3. The normalized spacial score (nSPS) is 38.6. The van der Waals surface area contributed by atoms with E-state index in [1.54, 1.807) is 0 Å². The van der Waals surface area contributed by atoms with Gasteiger partial charge in [0.2, 0.25) is 0 Å². The lowest BCUT2D eigenvalue weighted by molar-refractivity contribution is 0.0118. The van der Waals surface area contributed by atoms with Crippen LogP contribution >= 0.6 is 0 Å². The first kappa shape index (κ1) is 10.4. The molecule has 0 aromatic rings. The van der Waals surface area contributed by atoms with E-state index in [1.807, 2.05) is 0 Å². The van der Waals surface area contributed by atoms with Crippen LogP contribution in [-0.2, 0) is 9.47 Å². The van der Waals surface area contributed by atoms with Crippen LogP contribution in [-0.4, -0.2) is 36.5 Å². The third kappa shape index (κ3) is 2.27. The zero-order valence-electron chi connectivity index (χ0n) is 9.59. The van der Waals surface area contributed by atoms with E-state index >= 15 is 0 Å². The van der Waals surface area contributed by atoms with Crippen molar-refractivity contribution >= 4 is 0 Å². The molecule has 2 aliphatic rings. The molecule has 0 amide bonds. The van der Waals surface area contributed by atoms with E-state index in [2.05, 4.69) is 33.0 Å². The fourth-order valence-corrected chi connectivity index (χ4v) is 2.38. The predicted molar refractivity (Wildman–Crippen MR) is 55.4 cm³/mol. The Morgan fingerprint density at radius 2 is 2.00 bits per heavy atom. The molecule has 1 N–H and O–H groups in total. The van der Waals surface area contributed by atoms with Gasteiger partial charge in [0.1, 0.15) is 6.10 Å². The smallest absolute Gasteiger partial charge is 0.104 e. The van der Waals surface area contributed by atoms with Gasteiger partial charge in [-0.15, -0.1) is 0 Å². The van der Waals surface area contributed by atoms with Crippen LogP contribution in [0, 0.1) is 0 Å². The first-order valence-corrected chi connectivity index (χ1v) is 5.42. The summed E-state index contributed by atoms with van der Waals surface area (Å²) < 4.78 is 11.0. The summed E-state index contributed by atoms with van der Waals surface area (Å²) in [5.74, 6) is 0. The third-order valence-corrected chi connectivity index (χ3v) is 3.05. The summed E-state index contributed by atoms with van der Waals surface area (Å²) in [6, 6.07) is 0. The Kier molecular flexibility index (Phi) is 2.37. The Morgan fingerprint density at radius 1 is 1.36 bits per heavy atom. The van der Waals surface area contributed by atoms with Crippen molar-refractivity contribution in [2.45, 2.75) is 57.4 Å². The van der Waals surface area contributed by atoms with Crippen LogP contribution in [0.5, 0.6) is 0 Å². The van der Waals surface area contributed by atoms with E-state index < -0.39 is 0 Å². The summed E-state index contributed by atoms with van der Waals surface area (Å²) in [5, 5.41) is 3.60. The Labute approximate surface area is 86.2 Å². The van der Waals surface area contributed by atoms with Crippen molar-refractivity contribution < 1.29 is 9.47 Å². The van der Waals surface area contributed by atoms with Crippen LogP contribution in [0.3, 0.4) is 0 Å². The summed E-state index contributed by atoms with van der Waals surface area (Å²) in [6.07, 6.45) is 1.75. The highest BCUT2D eigenvalue weighted by atomic mass is 16.6. The van der Waals surface area contributed by atoms with Gasteiger partial charge < -0.3 is 14.8 Å². The second-order valence-corrected chi connectivity index (χ2v) is 5.71. The molecule has 0 aliphatic carbocycles. The highest BCUT2D eigenvalue weighted by Gasteiger charge is 2.45. The Balaban J connectivity index is 1.89. The lowest BCUT2D eigenvalue weighted by atomic mass is 9.97. The van der Waals surface area contributed by atoms with Crippen molar-refractivity contribution in [3.05, 3.63) is 0 Å². The summed E-state index contributed by atoms with van der Waals surface area (Å²) in [6.45, 7) is 10.5. The third-order valence-electron chi connectivity index (χ3n) is 3.05. The summed E-state index contributed by atoms with van der Waals surface area (Å²) >= 11 is 0. The van der Waals surface area contributed by atoms with Crippen LogP contribution in [0.25, 0.3) is 0 Å². The van der Waals surface area contributed by atoms with E-state index in [9.17, 15) is 0 Å². The number of ether oxygens (including phenoxy) is 2. The first-order chi connectivity index (χ1) is 6.39. The molecule has 2 atom stereocenters. The second-order valence-electron chi connectivity index (χ2n) is 5.71. The molecule has 2 aliphatic heterocycles. The van der Waals surface area contributed by atoms with Crippen molar-refractivity contribution in [3.63, 3.8) is 0 Å². The zero-order valence-corrected chi connectivity index (χ0v) is 9.59. The first-order valence-electron chi connectivity index (χ1n) is 5.42. The van der Waals surface area contributed by atoms with E-state index in [0.29, 0.717) is 12.2 Å². The van der Waals surface area contributed by atoms with Gasteiger partial charge in [0.25, 0.3) is 0 Å². The van der Waals surface area contributed by atoms with Gasteiger partial charge in [-0.3, -0.25) is 0 Å². The minimum Gasteiger partial charge on any atom is -0.373 e. The van der Waals surface area contributed by atoms with Gasteiger partial charge in [0.05, 0.1) is 19.3 Å². The molecule has 14 heavy (non-hydrogen) atoms. The SMILES string of the molecule is CC1(C)CC(OCC2CO2)C(C)(C)N1. The molecule has 82 valence electrons. The highest BCUT2D eigenvalue weighted by Crippen LogP contribution is 2.33. The predicted octanol–water partition coefficient (Wildman–Crippen LogP) is 1.32. The Morgan fingerprint density at radius 3 is 2.43 bits per heavy atom. The largest absolute Gasteiger partial charge is 0.373 e. The lowest BCUT2D eigenvalue weighted by Crippen LogP contribution is -2.47.